The van der Waals surface area contributed by atoms with E-state index in [1.807, 2.05) is 0 Å². The molecule has 11 heavy (non-hydrogen) atoms. The van der Waals surface area contributed by atoms with Gasteiger partial charge in [-0.2, -0.15) is 0 Å². The van der Waals surface area contributed by atoms with E-state index in [1.54, 1.807) is 6.08 Å². The van der Waals surface area contributed by atoms with E-state index in [9.17, 15) is 4.79 Å². The second kappa shape index (κ2) is 1.66. The number of fused-ring (bicyclic) bond motifs is 5. The molecule has 0 aromatic heterocycles. The van der Waals surface area contributed by atoms with Crippen molar-refractivity contribution >= 4 is 5.78 Å². The van der Waals surface area contributed by atoms with Crippen molar-refractivity contribution in [2.45, 2.75) is 6.42 Å². The maximum atomic E-state index is 11.3. The predicted octanol–water partition coefficient (Wildman–Crippen LogP) is 1.56. The number of hydrogen-bond acceptors (Lipinski definition) is 1. The van der Waals surface area contributed by atoms with Crippen LogP contribution in [0, 0.1) is 23.7 Å². The van der Waals surface area contributed by atoms with Gasteiger partial charge in [-0.3, -0.25) is 4.79 Å². The number of allylic oxidation sites excluding steroid dienone is 4. The van der Waals surface area contributed by atoms with Crippen LogP contribution in [0.4, 0.5) is 0 Å². The standard InChI is InChI=1S/C10H10O/c11-9-4-3-8-6-1-2-7(5-6)10(8)9/h1-4,6-8,10H,5H2/t6-,7-,8+,10-/m0/s1. The first kappa shape index (κ1) is 5.76. The Morgan fingerprint density at radius 3 is 2.82 bits per heavy atom. The highest BCUT2D eigenvalue weighted by atomic mass is 16.1. The summed E-state index contributed by atoms with van der Waals surface area (Å²) < 4.78 is 0. The summed E-state index contributed by atoms with van der Waals surface area (Å²) in [5.74, 6) is 2.54. The molecule has 4 atom stereocenters. The van der Waals surface area contributed by atoms with Gasteiger partial charge in [0.2, 0.25) is 0 Å². The minimum absolute atomic E-state index is 0.338. The number of carbonyl (C=O) groups is 1. The third-order valence-corrected chi connectivity index (χ3v) is 3.33. The second-order valence-electron chi connectivity index (χ2n) is 3.81. The maximum absolute atomic E-state index is 11.3. The Morgan fingerprint density at radius 2 is 2.00 bits per heavy atom. The summed E-state index contributed by atoms with van der Waals surface area (Å²) in [6, 6.07) is 0. The third kappa shape index (κ3) is 0.550. The summed E-state index contributed by atoms with van der Waals surface area (Å²) >= 11 is 0. The van der Waals surface area contributed by atoms with E-state index in [4.69, 9.17) is 0 Å². The quantitative estimate of drug-likeness (QED) is 0.474. The summed E-state index contributed by atoms with van der Waals surface area (Å²) in [6.45, 7) is 0. The zero-order valence-electron chi connectivity index (χ0n) is 6.23. The topological polar surface area (TPSA) is 17.1 Å². The molecule has 0 aromatic carbocycles. The molecular formula is C10H10O. The van der Waals surface area contributed by atoms with Crippen LogP contribution in [0.5, 0.6) is 0 Å². The highest BCUT2D eigenvalue weighted by Crippen LogP contribution is 2.51. The van der Waals surface area contributed by atoms with Gasteiger partial charge in [-0.25, -0.2) is 0 Å². The van der Waals surface area contributed by atoms with Crippen LogP contribution in [0.1, 0.15) is 6.42 Å². The van der Waals surface area contributed by atoms with Crippen molar-refractivity contribution in [3.63, 3.8) is 0 Å². The van der Waals surface area contributed by atoms with Crippen LogP contribution >= 0.6 is 0 Å². The number of rotatable bonds is 0. The fourth-order valence-electron chi connectivity index (χ4n) is 2.84. The average Bonchev–Trinajstić information content (AvgIpc) is 2.60. The van der Waals surface area contributed by atoms with Gasteiger partial charge in [0.25, 0.3) is 0 Å². The van der Waals surface area contributed by atoms with Crippen LogP contribution in [-0.4, -0.2) is 5.78 Å². The normalized spacial score (nSPS) is 50.7. The Morgan fingerprint density at radius 1 is 1.18 bits per heavy atom. The summed E-state index contributed by atoms with van der Waals surface area (Å²) in [5, 5.41) is 0. The van der Waals surface area contributed by atoms with Crippen LogP contribution in [0.3, 0.4) is 0 Å². The smallest absolute Gasteiger partial charge is 0.159 e. The van der Waals surface area contributed by atoms with Crippen LogP contribution in [-0.2, 0) is 4.79 Å². The van der Waals surface area contributed by atoms with Crippen LogP contribution in [0.2, 0.25) is 0 Å². The van der Waals surface area contributed by atoms with E-state index < -0.39 is 0 Å². The molecule has 0 aliphatic heterocycles. The molecule has 0 spiro atoms. The lowest BCUT2D eigenvalue weighted by Crippen LogP contribution is -2.19. The number of hydrogen-bond donors (Lipinski definition) is 0. The van der Waals surface area contributed by atoms with Gasteiger partial charge in [0, 0.05) is 5.92 Å². The molecule has 1 nitrogen and oxygen atoms in total. The molecule has 0 unspecified atom stereocenters. The maximum Gasteiger partial charge on any atom is 0.159 e. The Bertz CT molecular complexity index is 275. The summed E-state index contributed by atoms with van der Waals surface area (Å²) in [6.07, 6.45) is 9.64. The van der Waals surface area contributed by atoms with Crippen LogP contribution < -0.4 is 0 Å². The number of carbonyl (C=O) groups excluding carboxylic acids is 1. The molecule has 1 heteroatoms. The monoisotopic (exact) mass is 146 g/mol. The van der Waals surface area contributed by atoms with E-state index in [1.165, 1.54) is 6.42 Å². The summed E-state index contributed by atoms with van der Waals surface area (Å²) in [5.41, 5.74) is 0. The molecule has 1 fully saturated rings. The molecule has 0 amide bonds. The lowest BCUT2D eigenvalue weighted by Gasteiger charge is -2.17. The first-order valence-electron chi connectivity index (χ1n) is 4.26. The molecule has 3 aliphatic rings. The van der Waals surface area contributed by atoms with Crippen molar-refractivity contribution in [1.82, 2.24) is 0 Å². The van der Waals surface area contributed by atoms with Gasteiger partial charge in [-0.05, 0) is 30.3 Å². The molecule has 0 heterocycles. The summed E-state index contributed by atoms with van der Waals surface area (Å²) in [4.78, 5) is 11.3. The van der Waals surface area contributed by atoms with Gasteiger partial charge in [-0.1, -0.05) is 18.2 Å². The highest BCUT2D eigenvalue weighted by Gasteiger charge is 2.48. The molecule has 0 N–H and O–H groups in total. The van der Waals surface area contributed by atoms with Crippen molar-refractivity contribution in [3.05, 3.63) is 24.3 Å². The van der Waals surface area contributed by atoms with Crippen LogP contribution in [0.15, 0.2) is 24.3 Å². The second-order valence-corrected chi connectivity index (χ2v) is 3.81. The van der Waals surface area contributed by atoms with Crippen molar-refractivity contribution in [1.29, 1.82) is 0 Å². The van der Waals surface area contributed by atoms with E-state index in [2.05, 4.69) is 18.2 Å². The first-order valence-corrected chi connectivity index (χ1v) is 4.26. The van der Waals surface area contributed by atoms with Crippen molar-refractivity contribution in [2.24, 2.45) is 23.7 Å². The SMILES string of the molecule is O=C1C=C[C@H]2[C@@H]1[C@H]1C=C[C@H]2C1. The van der Waals surface area contributed by atoms with Crippen molar-refractivity contribution < 1.29 is 4.79 Å². The fraction of sp³-hybridized carbons (Fsp3) is 0.500. The summed E-state index contributed by atoms with van der Waals surface area (Å²) in [7, 11) is 0. The lowest BCUT2D eigenvalue weighted by atomic mass is 9.85. The minimum Gasteiger partial charge on any atom is -0.295 e. The Kier molecular flexibility index (Phi) is 0.867. The van der Waals surface area contributed by atoms with Gasteiger partial charge < -0.3 is 0 Å². The van der Waals surface area contributed by atoms with Crippen LogP contribution in [0.25, 0.3) is 0 Å². The van der Waals surface area contributed by atoms with E-state index in [-0.39, 0.29) is 0 Å². The first-order chi connectivity index (χ1) is 5.36. The zero-order chi connectivity index (χ0) is 7.42. The predicted molar refractivity (Wildman–Crippen MR) is 41.9 cm³/mol. The Balaban J connectivity index is 2.08. The average molecular weight is 146 g/mol. The number of ketones is 1. The third-order valence-electron chi connectivity index (χ3n) is 3.33. The van der Waals surface area contributed by atoms with Gasteiger partial charge in [-0.15, -0.1) is 0 Å². The van der Waals surface area contributed by atoms with Gasteiger partial charge >= 0.3 is 0 Å². The molecule has 1 saturated carbocycles. The Hall–Kier alpha value is -0.850. The molecule has 0 radical (unpaired) electrons. The molecule has 0 saturated heterocycles. The van der Waals surface area contributed by atoms with Gasteiger partial charge in [0.15, 0.2) is 5.78 Å². The molecule has 3 aliphatic carbocycles. The van der Waals surface area contributed by atoms with Crippen molar-refractivity contribution in [3.8, 4) is 0 Å². The van der Waals surface area contributed by atoms with E-state index in [0.717, 1.165) is 0 Å². The molecule has 3 rings (SSSR count). The van der Waals surface area contributed by atoms with E-state index in [0.29, 0.717) is 29.5 Å². The zero-order valence-corrected chi connectivity index (χ0v) is 6.23. The fourth-order valence-corrected chi connectivity index (χ4v) is 2.84. The van der Waals surface area contributed by atoms with E-state index >= 15 is 0 Å². The van der Waals surface area contributed by atoms with Gasteiger partial charge in [0.1, 0.15) is 0 Å². The molecular weight excluding hydrogens is 136 g/mol. The highest BCUT2D eigenvalue weighted by molar-refractivity contribution is 5.95. The minimum atomic E-state index is 0.338. The Labute approximate surface area is 65.8 Å². The molecule has 56 valence electrons. The molecule has 2 bridgehead atoms. The van der Waals surface area contributed by atoms with Gasteiger partial charge in [0.05, 0.1) is 0 Å². The lowest BCUT2D eigenvalue weighted by molar-refractivity contribution is -0.118. The largest absolute Gasteiger partial charge is 0.295 e. The van der Waals surface area contributed by atoms with Crippen molar-refractivity contribution in [2.75, 3.05) is 0 Å². The molecule has 0 aromatic rings.